The summed E-state index contributed by atoms with van der Waals surface area (Å²) in [6.45, 7) is 2.01. The molecule has 4 nitrogen and oxygen atoms in total. The molecular weight excluding hydrogens is 309 g/mol. The number of methoxy groups -OCH3 is 1. The lowest BCUT2D eigenvalue weighted by atomic mass is 10.1. The van der Waals surface area contributed by atoms with Gasteiger partial charge in [0, 0.05) is 29.3 Å². The standard InChI is InChI=1S/C19H18FNO3/c1-12-9-14-11-17(23-2)13(10-18(14)24-12)3-8-19(22)21-16-6-4-15(20)5-7-16/h3-8,10-12H,9H2,1-2H3,(H,21,22)/b8-3+/t12-/m0/s1. The molecule has 3 rings (SSSR count). The van der Waals surface area contributed by atoms with Crippen molar-refractivity contribution in [3.63, 3.8) is 0 Å². The van der Waals surface area contributed by atoms with E-state index >= 15 is 0 Å². The zero-order chi connectivity index (χ0) is 17.1. The molecule has 0 aromatic heterocycles. The molecule has 1 heterocycles. The van der Waals surface area contributed by atoms with Gasteiger partial charge in [-0.05, 0) is 49.4 Å². The van der Waals surface area contributed by atoms with Crippen molar-refractivity contribution in [3.8, 4) is 11.5 Å². The molecule has 0 bridgehead atoms. The van der Waals surface area contributed by atoms with Crippen molar-refractivity contribution in [2.45, 2.75) is 19.4 Å². The third-order valence-electron chi connectivity index (χ3n) is 3.77. The molecule has 1 aliphatic heterocycles. The molecule has 1 atom stereocenters. The second-order valence-corrected chi connectivity index (χ2v) is 5.66. The van der Waals surface area contributed by atoms with Crippen molar-refractivity contribution in [2.75, 3.05) is 12.4 Å². The van der Waals surface area contributed by atoms with Crippen LogP contribution in [0, 0.1) is 5.82 Å². The highest BCUT2D eigenvalue weighted by Gasteiger charge is 2.21. The number of benzene rings is 2. The van der Waals surface area contributed by atoms with Crippen LogP contribution in [-0.4, -0.2) is 19.1 Å². The molecule has 2 aromatic rings. The summed E-state index contributed by atoms with van der Waals surface area (Å²) >= 11 is 0. The normalized spacial score (nSPS) is 15.9. The zero-order valence-electron chi connectivity index (χ0n) is 13.5. The van der Waals surface area contributed by atoms with E-state index < -0.39 is 0 Å². The highest BCUT2D eigenvalue weighted by atomic mass is 19.1. The number of hydrogen-bond acceptors (Lipinski definition) is 3. The number of halogens is 1. The number of hydrogen-bond donors (Lipinski definition) is 1. The molecule has 0 fully saturated rings. The van der Waals surface area contributed by atoms with Crippen molar-refractivity contribution in [2.24, 2.45) is 0 Å². The van der Waals surface area contributed by atoms with Crippen molar-refractivity contribution < 1.29 is 18.7 Å². The minimum absolute atomic E-state index is 0.144. The van der Waals surface area contributed by atoms with Gasteiger partial charge in [0.1, 0.15) is 23.4 Å². The minimum Gasteiger partial charge on any atom is -0.496 e. The largest absolute Gasteiger partial charge is 0.496 e. The van der Waals surface area contributed by atoms with E-state index in [-0.39, 0.29) is 17.8 Å². The van der Waals surface area contributed by atoms with Crippen LogP contribution in [0.25, 0.3) is 6.08 Å². The topological polar surface area (TPSA) is 47.6 Å². The van der Waals surface area contributed by atoms with E-state index in [0.717, 1.165) is 23.3 Å². The summed E-state index contributed by atoms with van der Waals surface area (Å²) in [6.07, 6.45) is 4.07. The molecule has 1 aliphatic rings. The second kappa shape index (κ2) is 6.74. The molecule has 5 heteroatoms. The molecule has 1 amide bonds. The number of carbonyl (C=O) groups excluding carboxylic acids is 1. The summed E-state index contributed by atoms with van der Waals surface area (Å²) in [5, 5.41) is 2.67. The first-order chi connectivity index (χ1) is 11.5. The van der Waals surface area contributed by atoms with E-state index in [1.54, 1.807) is 13.2 Å². The highest BCUT2D eigenvalue weighted by Crippen LogP contribution is 2.35. The number of anilines is 1. The Morgan fingerprint density at radius 2 is 2.08 bits per heavy atom. The number of fused-ring (bicyclic) bond motifs is 1. The molecule has 0 spiro atoms. The van der Waals surface area contributed by atoms with Gasteiger partial charge in [-0.2, -0.15) is 0 Å². The van der Waals surface area contributed by atoms with Gasteiger partial charge in [-0.25, -0.2) is 4.39 Å². The first-order valence-electron chi connectivity index (χ1n) is 7.67. The fourth-order valence-electron chi connectivity index (χ4n) is 2.64. The van der Waals surface area contributed by atoms with Crippen LogP contribution in [0.3, 0.4) is 0 Å². The van der Waals surface area contributed by atoms with Gasteiger partial charge in [0.2, 0.25) is 5.91 Å². The summed E-state index contributed by atoms with van der Waals surface area (Å²) in [4.78, 5) is 12.0. The predicted molar refractivity (Wildman–Crippen MR) is 90.9 cm³/mol. The third kappa shape index (κ3) is 3.56. The Balaban J connectivity index is 1.75. The monoisotopic (exact) mass is 327 g/mol. The van der Waals surface area contributed by atoms with Crippen LogP contribution in [0.2, 0.25) is 0 Å². The van der Waals surface area contributed by atoms with E-state index in [2.05, 4.69) is 5.32 Å². The Morgan fingerprint density at radius 1 is 1.33 bits per heavy atom. The van der Waals surface area contributed by atoms with Gasteiger partial charge < -0.3 is 14.8 Å². The lowest BCUT2D eigenvalue weighted by molar-refractivity contribution is -0.111. The van der Waals surface area contributed by atoms with Crippen LogP contribution < -0.4 is 14.8 Å². The van der Waals surface area contributed by atoms with Crippen LogP contribution in [0.15, 0.2) is 42.5 Å². The lowest BCUT2D eigenvalue weighted by Gasteiger charge is -2.08. The maximum atomic E-state index is 12.9. The van der Waals surface area contributed by atoms with E-state index in [1.807, 2.05) is 19.1 Å². The number of amides is 1. The summed E-state index contributed by atoms with van der Waals surface area (Å²) in [5.41, 5.74) is 2.40. The fraction of sp³-hybridized carbons (Fsp3) is 0.211. The van der Waals surface area contributed by atoms with Gasteiger partial charge in [-0.3, -0.25) is 4.79 Å². The Hall–Kier alpha value is -2.82. The van der Waals surface area contributed by atoms with Crippen LogP contribution in [0.1, 0.15) is 18.1 Å². The number of nitrogens with one attached hydrogen (secondary N) is 1. The molecule has 0 aliphatic carbocycles. The van der Waals surface area contributed by atoms with Gasteiger partial charge >= 0.3 is 0 Å². The molecule has 0 radical (unpaired) electrons. The molecule has 1 N–H and O–H groups in total. The fourth-order valence-corrected chi connectivity index (χ4v) is 2.64. The Kier molecular flexibility index (Phi) is 4.51. The smallest absolute Gasteiger partial charge is 0.248 e. The van der Waals surface area contributed by atoms with Gasteiger partial charge in [-0.1, -0.05) is 0 Å². The molecule has 2 aromatic carbocycles. The minimum atomic E-state index is -0.347. The number of carbonyl (C=O) groups is 1. The summed E-state index contributed by atoms with van der Waals surface area (Å²) < 4.78 is 24.0. The van der Waals surface area contributed by atoms with Gasteiger partial charge in [0.05, 0.1) is 7.11 Å². The van der Waals surface area contributed by atoms with E-state index in [1.165, 1.54) is 30.3 Å². The molecule has 0 unspecified atom stereocenters. The average Bonchev–Trinajstić information content (AvgIpc) is 2.93. The predicted octanol–water partition coefficient (Wildman–Crippen LogP) is 3.81. The number of ether oxygens (including phenoxy) is 2. The first-order valence-corrected chi connectivity index (χ1v) is 7.67. The van der Waals surface area contributed by atoms with E-state index in [9.17, 15) is 9.18 Å². The summed E-state index contributed by atoms with van der Waals surface area (Å²) in [7, 11) is 1.59. The second-order valence-electron chi connectivity index (χ2n) is 5.66. The molecular formula is C19H18FNO3. The SMILES string of the molecule is COc1cc2c(cc1/C=C/C(=O)Nc1ccc(F)cc1)O[C@@H](C)C2. The van der Waals surface area contributed by atoms with Crippen LogP contribution in [0.5, 0.6) is 11.5 Å². The van der Waals surface area contributed by atoms with Crippen molar-refractivity contribution in [3.05, 3.63) is 59.4 Å². The van der Waals surface area contributed by atoms with Crippen molar-refractivity contribution in [1.29, 1.82) is 0 Å². The highest BCUT2D eigenvalue weighted by molar-refractivity contribution is 6.02. The molecule has 124 valence electrons. The quantitative estimate of drug-likeness (QED) is 0.869. The third-order valence-corrected chi connectivity index (χ3v) is 3.77. The van der Waals surface area contributed by atoms with Crippen molar-refractivity contribution in [1.82, 2.24) is 0 Å². The van der Waals surface area contributed by atoms with E-state index in [4.69, 9.17) is 9.47 Å². The molecule has 24 heavy (non-hydrogen) atoms. The average molecular weight is 327 g/mol. The Morgan fingerprint density at radius 3 is 2.79 bits per heavy atom. The Labute approximate surface area is 139 Å². The van der Waals surface area contributed by atoms with Gasteiger partial charge in [0.25, 0.3) is 0 Å². The maximum absolute atomic E-state index is 12.9. The molecule has 0 saturated heterocycles. The van der Waals surface area contributed by atoms with Crippen LogP contribution in [-0.2, 0) is 11.2 Å². The van der Waals surface area contributed by atoms with Gasteiger partial charge in [-0.15, -0.1) is 0 Å². The Bertz CT molecular complexity index is 784. The van der Waals surface area contributed by atoms with Gasteiger partial charge in [0.15, 0.2) is 0 Å². The summed E-state index contributed by atoms with van der Waals surface area (Å²) in [5.74, 6) is 0.860. The summed E-state index contributed by atoms with van der Waals surface area (Å²) in [6, 6.07) is 9.41. The first kappa shape index (κ1) is 16.1. The maximum Gasteiger partial charge on any atom is 0.248 e. The lowest BCUT2D eigenvalue weighted by Crippen LogP contribution is -2.07. The van der Waals surface area contributed by atoms with Crippen LogP contribution >= 0.6 is 0 Å². The van der Waals surface area contributed by atoms with E-state index in [0.29, 0.717) is 11.4 Å². The van der Waals surface area contributed by atoms with Crippen molar-refractivity contribution >= 4 is 17.7 Å². The zero-order valence-corrected chi connectivity index (χ0v) is 13.5. The molecule has 0 saturated carbocycles. The number of rotatable bonds is 4. The van der Waals surface area contributed by atoms with Crippen LogP contribution in [0.4, 0.5) is 10.1 Å².